The van der Waals surface area contributed by atoms with Crippen molar-refractivity contribution in [1.29, 1.82) is 5.26 Å². The van der Waals surface area contributed by atoms with E-state index in [-0.39, 0.29) is 11.3 Å². The molecule has 1 heterocycles. The molecule has 0 bridgehead atoms. The second-order valence-electron chi connectivity index (χ2n) is 3.81. The maximum atomic E-state index is 10.7. The number of thiazole rings is 1. The first kappa shape index (κ1) is 13.0. The van der Waals surface area contributed by atoms with Gasteiger partial charge in [0, 0.05) is 17.1 Å². The molecule has 2 aromatic rings. The van der Waals surface area contributed by atoms with Crippen molar-refractivity contribution in [3.05, 3.63) is 50.0 Å². The van der Waals surface area contributed by atoms with E-state index in [1.54, 1.807) is 17.4 Å². The smallest absolute Gasteiger partial charge is 0.287 e. The molecule has 0 atom stereocenters. The molecule has 19 heavy (non-hydrogen) atoms. The molecule has 0 fully saturated rings. The lowest BCUT2D eigenvalue weighted by molar-refractivity contribution is -0.385. The van der Waals surface area contributed by atoms with Crippen LogP contribution in [-0.4, -0.2) is 9.91 Å². The summed E-state index contributed by atoms with van der Waals surface area (Å²) in [7, 11) is 0. The Morgan fingerprint density at radius 2 is 2.37 bits per heavy atom. The number of aryl methyl sites for hydroxylation is 1. The third kappa shape index (κ3) is 3.05. The summed E-state index contributed by atoms with van der Waals surface area (Å²) < 4.78 is 0. The Hall–Kier alpha value is -2.46. The van der Waals surface area contributed by atoms with Gasteiger partial charge in [-0.2, -0.15) is 5.26 Å². The van der Waals surface area contributed by atoms with Gasteiger partial charge in [-0.05, 0) is 19.1 Å². The third-order valence-corrected chi connectivity index (χ3v) is 3.28. The molecule has 1 N–H and O–H groups in total. The van der Waals surface area contributed by atoms with Crippen LogP contribution in [0.15, 0.2) is 23.6 Å². The molecule has 0 aliphatic carbocycles. The predicted octanol–water partition coefficient (Wildman–Crippen LogP) is 2.84. The Morgan fingerprint density at radius 1 is 1.58 bits per heavy atom. The Labute approximate surface area is 113 Å². The van der Waals surface area contributed by atoms with Crippen molar-refractivity contribution in [3.8, 4) is 6.07 Å². The molecule has 6 nitrogen and oxygen atoms in total. The van der Waals surface area contributed by atoms with Crippen LogP contribution in [0.3, 0.4) is 0 Å². The number of anilines is 1. The molecule has 0 aliphatic heterocycles. The van der Waals surface area contributed by atoms with E-state index < -0.39 is 4.92 Å². The molecule has 0 saturated carbocycles. The minimum atomic E-state index is -0.563. The van der Waals surface area contributed by atoms with E-state index in [1.165, 1.54) is 12.1 Å². The third-order valence-electron chi connectivity index (χ3n) is 2.45. The van der Waals surface area contributed by atoms with Crippen LogP contribution >= 0.6 is 11.3 Å². The summed E-state index contributed by atoms with van der Waals surface area (Å²) in [6.45, 7) is 2.45. The number of nitrogens with zero attached hydrogens (tertiary/aromatic N) is 3. The molecule has 0 aliphatic rings. The Bertz CT molecular complexity index is 660. The Balaban J connectivity index is 2.14. The zero-order valence-electron chi connectivity index (χ0n) is 10.1. The fourth-order valence-corrected chi connectivity index (χ4v) is 2.19. The van der Waals surface area contributed by atoms with Gasteiger partial charge in [-0.25, -0.2) is 4.98 Å². The van der Waals surface area contributed by atoms with E-state index >= 15 is 0 Å². The van der Waals surface area contributed by atoms with Gasteiger partial charge in [0.15, 0.2) is 0 Å². The lowest BCUT2D eigenvalue weighted by atomic mass is 10.1. The van der Waals surface area contributed by atoms with Gasteiger partial charge in [-0.3, -0.25) is 10.1 Å². The fraction of sp³-hybridized carbons (Fsp3) is 0.167. The first-order valence-electron chi connectivity index (χ1n) is 5.43. The number of nitrogens with one attached hydrogen (secondary N) is 1. The van der Waals surface area contributed by atoms with Gasteiger partial charge >= 0.3 is 0 Å². The summed E-state index contributed by atoms with van der Waals surface area (Å²) in [5.74, 6) is 0. The Morgan fingerprint density at radius 3 is 2.95 bits per heavy atom. The minimum Gasteiger partial charge on any atom is -0.379 e. The molecule has 1 aromatic heterocycles. The van der Waals surface area contributed by atoms with E-state index in [0.717, 1.165) is 10.7 Å². The molecular weight excluding hydrogens is 264 g/mol. The van der Waals surface area contributed by atoms with Crippen molar-refractivity contribution in [2.75, 3.05) is 5.32 Å². The van der Waals surface area contributed by atoms with Gasteiger partial charge < -0.3 is 5.32 Å². The van der Waals surface area contributed by atoms with Gasteiger partial charge in [-0.1, -0.05) is 0 Å². The summed E-state index contributed by atoms with van der Waals surface area (Å²) in [5.41, 5.74) is 1.43. The van der Waals surface area contributed by atoms with E-state index in [0.29, 0.717) is 12.2 Å². The van der Waals surface area contributed by atoms with Crippen LogP contribution in [0.5, 0.6) is 0 Å². The largest absolute Gasteiger partial charge is 0.379 e. The fourth-order valence-electron chi connectivity index (χ4n) is 1.58. The lowest BCUT2D eigenvalue weighted by Crippen LogP contribution is -2.01. The molecule has 0 spiro atoms. The van der Waals surface area contributed by atoms with Crippen molar-refractivity contribution < 1.29 is 4.92 Å². The lowest BCUT2D eigenvalue weighted by Gasteiger charge is -2.04. The number of benzene rings is 1. The number of rotatable bonds is 4. The molecular formula is C12H10N4O2S. The molecule has 0 saturated heterocycles. The summed E-state index contributed by atoms with van der Waals surface area (Å²) in [6, 6.07) is 6.20. The summed E-state index contributed by atoms with van der Waals surface area (Å²) in [6.07, 6.45) is 0. The molecule has 7 heteroatoms. The quantitative estimate of drug-likeness (QED) is 0.683. The van der Waals surface area contributed by atoms with Crippen LogP contribution in [0.4, 0.5) is 11.4 Å². The van der Waals surface area contributed by atoms with Gasteiger partial charge in [0.1, 0.15) is 11.6 Å². The van der Waals surface area contributed by atoms with Crippen LogP contribution in [0.25, 0.3) is 0 Å². The van der Waals surface area contributed by atoms with Crippen molar-refractivity contribution in [3.63, 3.8) is 0 Å². The average molecular weight is 274 g/mol. The van der Waals surface area contributed by atoms with Gasteiger partial charge in [-0.15, -0.1) is 11.3 Å². The van der Waals surface area contributed by atoms with Crippen molar-refractivity contribution in [2.24, 2.45) is 0 Å². The van der Waals surface area contributed by atoms with Crippen molar-refractivity contribution in [2.45, 2.75) is 13.5 Å². The number of hydrogen-bond donors (Lipinski definition) is 1. The molecule has 2 rings (SSSR count). The normalized spacial score (nSPS) is 9.89. The number of nitriles is 1. The van der Waals surface area contributed by atoms with Crippen molar-refractivity contribution in [1.82, 2.24) is 4.98 Å². The summed E-state index contributed by atoms with van der Waals surface area (Å²) in [4.78, 5) is 14.4. The van der Waals surface area contributed by atoms with E-state index in [4.69, 9.17) is 5.26 Å². The maximum absolute atomic E-state index is 10.7. The zero-order valence-corrected chi connectivity index (χ0v) is 10.9. The maximum Gasteiger partial charge on any atom is 0.287 e. The highest BCUT2D eigenvalue weighted by Gasteiger charge is 2.13. The predicted molar refractivity (Wildman–Crippen MR) is 72.0 cm³/mol. The standard InChI is InChI=1S/C12H10N4O2S/c1-8-15-11(7-19-8)6-14-10-2-3-12(16(17)18)9(4-10)5-13/h2-4,7,14H,6H2,1H3. The van der Waals surface area contributed by atoms with Gasteiger partial charge in [0.2, 0.25) is 0 Å². The average Bonchev–Trinajstić information content (AvgIpc) is 2.81. The van der Waals surface area contributed by atoms with Crippen LogP contribution in [-0.2, 0) is 6.54 Å². The van der Waals surface area contributed by atoms with E-state index in [1.807, 2.05) is 18.4 Å². The van der Waals surface area contributed by atoms with E-state index in [9.17, 15) is 10.1 Å². The summed E-state index contributed by atoms with van der Waals surface area (Å²) in [5, 5.41) is 25.6. The minimum absolute atomic E-state index is 0.0458. The van der Waals surface area contributed by atoms with Gasteiger partial charge in [0.25, 0.3) is 5.69 Å². The monoisotopic (exact) mass is 274 g/mol. The molecule has 0 unspecified atom stereocenters. The molecule has 96 valence electrons. The van der Waals surface area contributed by atoms with E-state index in [2.05, 4.69) is 10.3 Å². The van der Waals surface area contributed by atoms with Crippen LogP contribution in [0, 0.1) is 28.4 Å². The number of nitro groups is 1. The molecule has 0 amide bonds. The molecule has 0 radical (unpaired) electrons. The second-order valence-corrected chi connectivity index (χ2v) is 4.87. The first-order chi connectivity index (χ1) is 9.10. The van der Waals surface area contributed by atoms with Gasteiger partial charge in [0.05, 0.1) is 22.2 Å². The first-order valence-corrected chi connectivity index (χ1v) is 6.31. The Kier molecular flexibility index (Phi) is 3.73. The number of aromatic nitrogens is 1. The zero-order chi connectivity index (χ0) is 13.8. The van der Waals surface area contributed by atoms with Crippen molar-refractivity contribution >= 4 is 22.7 Å². The van der Waals surface area contributed by atoms with Crippen LogP contribution < -0.4 is 5.32 Å². The highest BCUT2D eigenvalue weighted by atomic mass is 32.1. The molecule has 1 aromatic carbocycles. The second kappa shape index (κ2) is 5.46. The highest BCUT2D eigenvalue weighted by Crippen LogP contribution is 2.22. The topological polar surface area (TPSA) is 91.8 Å². The summed E-state index contributed by atoms with van der Waals surface area (Å²) >= 11 is 1.56. The van der Waals surface area contributed by atoms with Crippen LogP contribution in [0.2, 0.25) is 0 Å². The van der Waals surface area contributed by atoms with Crippen LogP contribution in [0.1, 0.15) is 16.3 Å². The number of hydrogen-bond acceptors (Lipinski definition) is 6. The number of nitro benzene ring substituents is 1. The highest BCUT2D eigenvalue weighted by molar-refractivity contribution is 7.09. The SMILES string of the molecule is Cc1nc(CNc2ccc([N+](=O)[O-])c(C#N)c2)cs1.